The fraction of sp³-hybridized carbons (Fsp3) is 0.393. The molecule has 4 aromatic rings. The van der Waals surface area contributed by atoms with Crippen LogP contribution in [0.1, 0.15) is 27.6 Å². The van der Waals surface area contributed by atoms with Crippen LogP contribution in [0.5, 0.6) is 0 Å². The van der Waals surface area contributed by atoms with Crippen LogP contribution in [-0.2, 0) is 27.4 Å². The van der Waals surface area contributed by atoms with Crippen molar-refractivity contribution in [1.82, 2.24) is 24.5 Å². The summed E-state index contributed by atoms with van der Waals surface area (Å²) in [5.74, 6) is 2.29. The van der Waals surface area contributed by atoms with Crippen molar-refractivity contribution in [2.24, 2.45) is 0 Å². The van der Waals surface area contributed by atoms with Gasteiger partial charge in [0.05, 0.1) is 44.1 Å². The Bertz CT molecular complexity index is 1410. The minimum atomic E-state index is -0.404. The highest BCUT2D eigenvalue weighted by atomic mass is 16.5. The van der Waals surface area contributed by atoms with Crippen LogP contribution in [-0.4, -0.2) is 83.1 Å². The smallest absolute Gasteiger partial charge is 0.340 e. The maximum atomic E-state index is 13.0. The highest BCUT2D eigenvalue weighted by Gasteiger charge is 2.22. The maximum absolute atomic E-state index is 13.0. The van der Waals surface area contributed by atoms with E-state index in [1.807, 2.05) is 54.0 Å². The van der Waals surface area contributed by atoms with Gasteiger partial charge in [0, 0.05) is 26.2 Å². The van der Waals surface area contributed by atoms with Gasteiger partial charge in [0.15, 0.2) is 5.82 Å². The normalized spacial score (nSPS) is 16.0. The van der Waals surface area contributed by atoms with Crippen LogP contribution in [0, 0.1) is 6.92 Å². The number of nitrogens with zero attached hydrogens (tertiary/aromatic N) is 7. The van der Waals surface area contributed by atoms with Crippen LogP contribution in [0.4, 0.5) is 11.9 Å². The number of esters is 1. The summed E-state index contributed by atoms with van der Waals surface area (Å²) in [4.78, 5) is 36.5. The number of hydrogen-bond donors (Lipinski definition) is 0. The van der Waals surface area contributed by atoms with E-state index in [0.717, 1.165) is 43.1 Å². The van der Waals surface area contributed by atoms with Gasteiger partial charge in [0.25, 0.3) is 0 Å². The lowest BCUT2D eigenvalue weighted by atomic mass is 10.2. The predicted molar refractivity (Wildman–Crippen MR) is 145 cm³/mol. The number of benzene rings is 2. The van der Waals surface area contributed by atoms with Crippen molar-refractivity contribution < 1.29 is 19.0 Å². The van der Waals surface area contributed by atoms with E-state index in [1.165, 1.54) is 0 Å². The molecule has 11 nitrogen and oxygen atoms in total. The molecule has 2 aliphatic rings. The minimum absolute atomic E-state index is 0.204. The molecule has 11 heteroatoms. The van der Waals surface area contributed by atoms with Crippen LogP contribution in [0.2, 0.25) is 0 Å². The molecule has 0 unspecified atom stereocenters. The van der Waals surface area contributed by atoms with Gasteiger partial charge in [-0.2, -0.15) is 15.0 Å². The van der Waals surface area contributed by atoms with Gasteiger partial charge in [0.1, 0.15) is 17.9 Å². The number of carbonyl (C=O) groups is 1. The number of morpholine rings is 2. The van der Waals surface area contributed by atoms with Crippen molar-refractivity contribution in [2.45, 2.75) is 20.1 Å². The summed E-state index contributed by atoms with van der Waals surface area (Å²) >= 11 is 0. The van der Waals surface area contributed by atoms with Gasteiger partial charge in [0.2, 0.25) is 11.9 Å². The molecule has 0 N–H and O–H groups in total. The van der Waals surface area contributed by atoms with Crippen LogP contribution < -0.4 is 9.80 Å². The number of fused-ring (bicyclic) bond motifs is 1. The van der Waals surface area contributed by atoms with E-state index in [-0.39, 0.29) is 6.61 Å². The Kier molecular flexibility index (Phi) is 7.33. The van der Waals surface area contributed by atoms with Crippen LogP contribution in [0.15, 0.2) is 48.5 Å². The van der Waals surface area contributed by atoms with E-state index in [4.69, 9.17) is 34.1 Å². The number of carbonyl (C=O) groups excluding carboxylic acids is 1. The van der Waals surface area contributed by atoms with E-state index >= 15 is 0 Å². The molecule has 2 aliphatic heterocycles. The standard InChI is InChI=1S/C28H31N7O4/c1-20-29-25-22(26(36)39-19-21-6-3-2-4-7-21)8-5-9-23(25)35(20)18-24-30-27(33-10-14-37-15-11-33)32-28(31-24)34-12-16-38-17-13-34/h2-9H,10-19H2,1H3. The second-order valence-electron chi connectivity index (χ2n) is 9.53. The monoisotopic (exact) mass is 529 g/mol. The first-order valence-corrected chi connectivity index (χ1v) is 13.2. The summed E-state index contributed by atoms with van der Waals surface area (Å²) in [7, 11) is 0. The molecule has 0 atom stereocenters. The number of imidazole rings is 1. The Balaban J connectivity index is 1.30. The van der Waals surface area contributed by atoms with Crippen molar-refractivity contribution in [3.63, 3.8) is 0 Å². The molecule has 6 rings (SSSR count). The summed E-state index contributed by atoms with van der Waals surface area (Å²) < 4.78 is 18.7. The summed E-state index contributed by atoms with van der Waals surface area (Å²) in [5.41, 5.74) is 2.79. The Morgan fingerprint density at radius 1 is 0.821 bits per heavy atom. The summed E-state index contributed by atoms with van der Waals surface area (Å²) in [6.45, 7) is 8.00. The first-order valence-electron chi connectivity index (χ1n) is 13.2. The molecule has 0 radical (unpaired) electrons. The van der Waals surface area contributed by atoms with E-state index in [9.17, 15) is 4.79 Å². The lowest BCUT2D eigenvalue weighted by Crippen LogP contribution is -2.40. The molecule has 202 valence electrons. The average molecular weight is 530 g/mol. The Labute approximate surface area is 226 Å². The van der Waals surface area contributed by atoms with Crippen molar-refractivity contribution in [2.75, 3.05) is 62.4 Å². The maximum Gasteiger partial charge on any atom is 0.340 e. The Morgan fingerprint density at radius 2 is 1.46 bits per heavy atom. The third-order valence-corrected chi connectivity index (χ3v) is 6.95. The van der Waals surface area contributed by atoms with Crippen LogP contribution >= 0.6 is 0 Å². The molecule has 2 saturated heterocycles. The molecule has 2 aromatic heterocycles. The summed E-state index contributed by atoms with van der Waals surface area (Å²) in [5, 5.41) is 0. The zero-order valence-electron chi connectivity index (χ0n) is 22.0. The molecule has 0 amide bonds. The van der Waals surface area contributed by atoms with E-state index in [1.54, 1.807) is 6.07 Å². The average Bonchev–Trinajstić information content (AvgIpc) is 3.31. The van der Waals surface area contributed by atoms with Crippen molar-refractivity contribution >= 4 is 28.9 Å². The van der Waals surface area contributed by atoms with Crippen LogP contribution in [0.3, 0.4) is 0 Å². The number of hydrogen-bond acceptors (Lipinski definition) is 10. The highest BCUT2D eigenvalue weighted by Crippen LogP contribution is 2.23. The van der Waals surface area contributed by atoms with Crippen molar-refractivity contribution in [3.8, 4) is 0 Å². The molecule has 2 aromatic carbocycles. The lowest BCUT2D eigenvalue weighted by Gasteiger charge is -2.30. The molecular formula is C28H31N7O4. The van der Waals surface area contributed by atoms with Gasteiger partial charge in [-0.05, 0) is 24.6 Å². The molecule has 0 aliphatic carbocycles. The third kappa shape index (κ3) is 5.55. The van der Waals surface area contributed by atoms with Crippen LogP contribution in [0.25, 0.3) is 11.0 Å². The third-order valence-electron chi connectivity index (χ3n) is 6.95. The molecule has 39 heavy (non-hydrogen) atoms. The van der Waals surface area contributed by atoms with Gasteiger partial charge in [-0.1, -0.05) is 36.4 Å². The number of anilines is 2. The van der Waals surface area contributed by atoms with Gasteiger partial charge in [-0.25, -0.2) is 9.78 Å². The zero-order chi connectivity index (χ0) is 26.6. The van der Waals surface area contributed by atoms with Gasteiger partial charge in [-0.3, -0.25) is 0 Å². The molecule has 0 bridgehead atoms. The molecule has 0 spiro atoms. The van der Waals surface area contributed by atoms with E-state index in [2.05, 4.69) is 9.80 Å². The number of para-hydroxylation sites is 1. The largest absolute Gasteiger partial charge is 0.457 e. The molecule has 2 fully saturated rings. The van der Waals surface area contributed by atoms with Crippen molar-refractivity contribution in [3.05, 3.63) is 71.3 Å². The minimum Gasteiger partial charge on any atom is -0.457 e. The van der Waals surface area contributed by atoms with E-state index < -0.39 is 5.97 Å². The first-order chi connectivity index (χ1) is 19.2. The number of aryl methyl sites for hydroxylation is 1. The van der Waals surface area contributed by atoms with Gasteiger partial charge >= 0.3 is 5.97 Å². The quantitative estimate of drug-likeness (QED) is 0.332. The number of rotatable bonds is 7. The second-order valence-corrected chi connectivity index (χ2v) is 9.53. The summed E-state index contributed by atoms with van der Waals surface area (Å²) in [6, 6.07) is 15.2. The number of aromatic nitrogens is 5. The predicted octanol–water partition coefficient (Wildman–Crippen LogP) is 2.61. The first kappa shape index (κ1) is 25.2. The topological polar surface area (TPSA) is 108 Å². The molecule has 0 saturated carbocycles. The fourth-order valence-electron chi connectivity index (χ4n) is 4.85. The van der Waals surface area contributed by atoms with E-state index in [0.29, 0.717) is 61.8 Å². The fourth-order valence-corrected chi connectivity index (χ4v) is 4.85. The van der Waals surface area contributed by atoms with Gasteiger partial charge < -0.3 is 28.6 Å². The highest BCUT2D eigenvalue weighted by molar-refractivity contribution is 6.02. The van der Waals surface area contributed by atoms with Crippen molar-refractivity contribution in [1.29, 1.82) is 0 Å². The lowest BCUT2D eigenvalue weighted by molar-refractivity contribution is 0.0475. The number of ether oxygens (including phenoxy) is 3. The Morgan fingerprint density at radius 3 is 2.10 bits per heavy atom. The summed E-state index contributed by atoms with van der Waals surface area (Å²) in [6.07, 6.45) is 0. The SMILES string of the molecule is Cc1nc2c(C(=O)OCc3ccccc3)cccc2n1Cc1nc(N2CCOCC2)nc(N2CCOCC2)n1. The molecular weight excluding hydrogens is 498 g/mol. The zero-order valence-corrected chi connectivity index (χ0v) is 22.0. The molecule has 4 heterocycles. The second kappa shape index (κ2) is 11.3. The van der Waals surface area contributed by atoms with Gasteiger partial charge in [-0.15, -0.1) is 0 Å². The Hall–Kier alpha value is -4.09.